The van der Waals surface area contributed by atoms with E-state index in [-0.39, 0.29) is 16.0 Å². The van der Waals surface area contributed by atoms with E-state index >= 15 is 0 Å². The van der Waals surface area contributed by atoms with Gasteiger partial charge in [0.05, 0.1) is 0 Å². The van der Waals surface area contributed by atoms with Gasteiger partial charge in [0.2, 0.25) is 5.95 Å². The minimum Gasteiger partial charge on any atom is -0.609 e. The third-order valence-corrected chi connectivity index (χ3v) is 5.83. The molecule has 1 fully saturated rings. The van der Waals surface area contributed by atoms with Gasteiger partial charge in [-0.2, -0.15) is 9.97 Å². The average molecular weight is 352 g/mol. The fraction of sp³-hybridized carbons (Fsp3) is 0.667. The van der Waals surface area contributed by atoms with Crippen LogP contribution in [0.5, 0.6) is 0 Å². The number of aromatic nitrogens is 4. The van der Waals surface area contributed by atoms with Gasteiger partial charge in [-0.1, -0.05) is 0 Å². The van der Waals surface area contributed by atoms with Gasteiger partial charge >= 0.3 is 5.16 Å². The summed E-state index contributed by atoms with van der Waals surface area (Å²) in [6, 6.07) is 0. The number of fused-ring (bicyclic) bond motifs is 1. The maximum absolute atomic E-state index is 12.8. The summed E-state index contributed by atoms with van der Waals surface area (Å²) in [6.07, 6.45) is 0. The van der Waals surface area contributed by atoms with Crippen molar-refractivity contribution >= 4 is 28.3 Å². The highest BCUT2D eigenvalue weighted by molar-refractivity contribution is 7.91. The number of hydrogen-bond donors (Lipinski definition) is 1. The number of hydrogen-bond acceptors (Lipinski definition) is 6. The molecule has 3 rings (SSSR count). The third-order valence-electron chi connectivity index (χ3n) is 4.25. The second-order valence-electron chi connectivity index (χ2n) is 6.17. The van der Waals surface area contributed by atoms with Crippen molar-refractivity contribution < 1.29 is 4.55 Å². The maximum atomic E-state index is 12.8. The molecule has 1 saturated heterocycles. The Morgan fingerprint density at radius 1 is 1.29 bits per heavy atom. The second kappa shape index (κ2) is 6.73. The molecule has 2 aromatic heterocycles. The fourth-order valence-corrected chi connectivity index (χ4v) is 3.88. The third kappa shape index (κ3) is 2.80. The molecule has 0 radical (unpaired) electrons. The van der Waals surface area contributed by atoms with E-state index in [9.17, 15) is 9.35 Å². The van der Waals surface area contributed by atoms with Crippen molar-refractivity contribution in [3.05, 3.63) is 10.4 Å². The Kier molecular flexibility index (Phi) is 4.84. The Balaban J connectivity index is 2.20. The van der Waals surface area contributed by atoms with Gasteiger partial charge in [0.15, 0.2) is 11.2 Å². The quantitative estimate of drug-likeness (QED) is 0.619. The Hall–Kier alpha value is -1.58. The van der Waals surface area contributed by atoms with E-state index in [0.717, 1.165) is 32.1 Å². The number of anilines is 1. The summed E-state index contributed by atoms with van der Waals surface area (Å²) in [5.74, 6) is 0.770. The molecule has 2 aromatic rings. The first kappa shape index (κ1) is 17.2. The predicted molar refractivity (Wildman–Crippen MR) is 95.1 cm³/mol. The summed E-state index contributed by atoms with van der Waals surface area (Å²) >= 11 is -1.34. The molecule has 0 bridgehead atoms. The predicted octanol–water partition coefficient (Wildman–Crippen LogP) is 0.0755. The van der Waals surface area contributed by atoms with E-state index in [1.165, 1.54) is 4.57 Å². The summed E-state index contributed by atoms with van der Waals surface area (Å²) in [5.41, 5.74) is 0.676. The molecular formula is C15H24N6O2S. The van der Waals surface area contributed by atoms with E-state index < -0.39 is 11.2 Å². The largest absolute Gasteiger partial charge is 0.609 e. The minimum atomic E-state index is -1.34. The number of imidazole rings is 1. The molecule has 9 heteroatoms. The molecule has 1 aliphatic heterocycles. The van der Waals surface area contributed by atoms with Gasteiger partial charge in [0.25, 0.3) is 5.56 Å². The molecule has 1 unspecified atom stereocenters. The highest BCUT2D eigenvalue weighted by Crippen LogP contribution is 2.21. The van der Waals surface area contributed by atoms with Crippen molar-refractivity contribution in [3.63, 3.8) is 0 Å². The first-order valence-electron chi connectivity index (χ1n) is 8.29. The van der Waals surface area contributed by atoms with Crippen LogP contribution in [0.3, 0.4) is 0 Å². The van der Waals surface area contributed by atoms with Crippen molar-refractivity contribution in [3.8, 4) is 0 Å². The molecule has 0 aliphatic carbocycles. The Bertz CT molecular complexity index is 793. The van der Waals surface area contributed by atoms with Crippen LogP contribution in [0.4, 0.5) is 5.95 Å². The Morgan fingerprint density at radius 2 is 1.96 bits per heavy atom. The van der Waals surface area contributed by atoms with Crippen LogP contribution >= 0.6 is 0 Å². The molecule has 132 valence electrons. The smallest absolute Gasteiger partial charge is 0.328 e. The van der Waals surface area contributed by atoms with Crippen LogP contribution in [-0.4, -0.2) is 55.1 Å². The molecule has 0 amide bonds. The molecule has 8 nitrogen and oxygen atoms in total. The van der Waals surface area contributed by atoms with Crippen LogP contribution < -0.4 is 15.8 Å². The van der Waals surface area contributed by atoms with Gasteiger partial charge in [0.1, 0.15) is 5.25 Å². The van der Waals surface area contributed by atoms with E-state index in [2.05, 4.69) is 20.2 Å². The summed E-state index contributed by atoms with van der Waals surface area (Å²) < 4.78 is 15.8. The second-order valence-corrected chi connectivity index (χ2v) is 8.07. The molecule has 0 spiro atoms. The highest BCUT2D eigenvalue weighted by Gasteiger charge is 2.27. The number of nitrogens with zero attached hydrogens (tertiary/aromatic N) is 5. The zero-order valence-electron chi connectivity index (χ0n) is 14.6. The van der Waals surface area contributed by atoms with Crippen molar-refractivity contribution in [2.75, 3.05) is 31.1 Å². The van der Waals surface area contributed by atoms with Gasteiger partial charge < -0.3 is 19.3 Å². The normalized spacial score (nSPS) is 17.0. The van der Waals surface area contributed by atoms with E-state index in [1.807, 2.05) is 25.3 Å². The Labute approximate surface area is 144 Å². The lowest BCUT2D eigenvalue weighted by Crippen LogP contribution is -2.44. The molecule has 0 aromatic carbocycles. The summed E-state index contributed by atoms with van der Waals surface area (Å²) in [5, 5.41) is 3.49. The van der Waals surface area contributed by atoms with Crippen LogP contribution in [-0.2, 0) is 24.8 Å². The first-order valence-corrected chi connectivity index (χ1v) is 9.50. The van der Waals surface area contributed by atoms with Crippen molar-refractivity contribution in [2.45, 2.75) is 37.7 Å². The number of piperazine rings is 1. The number of rotatable bonds is 4. The molecule has 24 heavy (non-hydrogen) atoms. The zero-order chi connectivity index (χ0) is 17.4. The van der Waals surface area contributed by atoms with Crippen molar-refractivity contribution in [2.24, 2.45) is 7.05 Å². The number of aryl methyl sites for hydroxylation is 1. The lowest BCUT2D eigenvalue weighted by molar-refractivity contribution is 0.562. The van der Waals surface area contributed by atoms with Gasteiger partial charge in [-0.15, -0.1) is 0 Å². The van der Waals surface area contributed by atoms with E-state index in [4.69, 9.17) is 0 Å². The van der Waals surface area contributed by atoms with Crippen molar-refractivity contribution in [1.29, 1.82) is 0 Å². The average Bonchev–Trinajstić information content (AvgIpc) is 2.96. The van der Waals surface area contributed by atoms with Crippen LogP contribution in [0.25, 0.3) is 11.2 Å². The first-order chi connectivity index (χ1) is 11.5. The topological polar surface area (TPSA) is 91.0 Å². The standard InChI is InChI=1S/C15H24N6O2S/c1-5-21-11-12(17-14(21)20-8-6-16-7-9-20)18-15(19(4)13(11)22)24(23)10(2)3/h10,16H,5-9H2,1-4H3. The van der Waals surface area contributed by atoms with E-state index in [1.54, 1.807) is 7.05 Å². The molecule has 3 heterocycles. The molecule has 1 N–H and O–H groups in total. The monoisotopic (exact) mass is 352 g/mol. The van der Waals surface area contributed by atoms with Gasteiger partial charge in [0, 0.05) is 50.9 Å². The maximum Gasteiger partial charge on any atom is 0.328 e. The zero-order valence-corrected chi connectivity index (χ0v) is 15.4. The lowest BCUT2D eigenvalue weighted by atomic mass is 10.4. The summed E-state index contributed by atoms with van der Waals surface area (Å²) in [6.45, 7) is 9.79. The lowest BCUT2D eigenvalue weighted by Gasteiger charge is -2.28. The number of nitrogens with one attached hydrogen (secondary N) is 1. The van der Waals surface area contributed by atoms with Gasteiger partial charge in [-0.25, -0.2) is 0 Å². The van der Waals surface area contributed by atoms with Gasteiger partial charge in [-0.05, 0) is 20.8 Å². The molecule has 1 aliphatic rings. The summed E-state index contributed by atoms with van der Waals surface area (Å²) in [7, 11) is 1.63. The highest BCUT2D eigenvalue weighted by atomic mass is 32.2. The molecule has 1 atom stereocenters. The fourth-order valence-electron chi connectivity index (χ4n) is 2.93. The van der Waals surface area contributed by atoms with Crippen LogP contribution in [0.1, 0.15) is 20.8 Å². The Morgan fingerprint density at radius 3 is 2.54 bits per heavy atom. The van der Waals surface area contributed by atoms with Crippen LogP contribution in [0.2, 0.25) is 0 Å². The van der Waals surface area contributed by atoms with Gasteiger partial charge in [-0.3, -0.25) is 9.36 Å². The minimum absolute atomic E-state index is 0.110. The van der Waals surface area contributed by atoms with Crippen LogP contribution in [0.15, 0.2) is 9.95 Å². The summed E-state index contributed by atoms with van der Waals surface area (Å²) in [4.78, 5) is 24.1. The molecular weight excluding hydrogens is 328 g/mol. The molecule has 0 saturated carbocycles. The van der Waals surface area contributed by atoms with Crippen molar-refractivity contribution in [1.82, 2.24) is 24.4 Å². The van der Waals surface area contributed by atoms with Crippen LogP contribution in [0, 0.1) is 0 Å². The van der Waals surface area contributed by atoms with E-state index in [0.29, 0.717) is 17.7 Å². The SMILES string of the molecule is CCn1c(N2CCNCC2)nc2nc([S+]([O-])C(C)C)n(C)c(=O)c21.